The van der Waals surface area contributed by atoms with Crippen LogP contribution in [0.1, 0.15) is 45.2 Å². The largest absolute Gasteiger partial charge is 0.338 e. The van der Waals surface area contributed by atoms with Crippen molar-refractivity contribution in [2.75, 3.05) is 5.32 Å². The number of aromatic nitrogens is 1. The first-order valence-electron chi connectivity index (χ1n) is 6.24. The number of nitrogens with zero attached hydrogens (tertiary/aromatic N) is 2. The van der Waals surface area contributed by atoms with Crippen LogP contribution in [0.3, 0.4) is 0 Å². The van der Waals surface area contributed by atoms with Gasteiger partial charge in [0.15, 0.2) is 0 Å². The maximum absolute atomic E-state index is 12.2. The molecule has 0 saturated carbocycles. The third kappa shape index (κ3) is 3.10. The molecule has 1 aromatic rings. The average Bonchev–Trinajstić information content (AvgIpc) is 2.74. The summed E-state index contributed by atoms with van der Waals surface area (Å²) >= 11 is 0. The van der Waals surface area contributed by atoms with E-state index in [2.05, 4.69) is 16.5 Å². The Balaban J connectivity index is 2.85. The molecule has 0 spiro atoms. The van der Waals surface area contributed by atoms with Crippen molar-refractivity contribution in [3.8, 4) is 6.07 Å². The normalized spacial score (nSPS) is 11.0. The van der Waals surface area contributed by atoms with E-state index in [1.807, 2.05) is 13.8 Å². The lowest BCUT2D eigenvalue weighted by atomic mass is 9.80. The first kappa shape index (κ1) is 14.2. The molecule has 0 aliphatic carbocycles. The van der Waals surface area contributed by atoms with Crippen molar-refractivity contribution in [1.29, 1.82) is 5.26 Å². The molecule has 1 rings (SSSR count). The summed E-state index contributed by atoms with van der Waals surface area (Å²) in [7, 11) is 0. The summed E-state index contributed by atoms with van der Waals surface area (Å²) in [4.78, 5) is 12.2. The Morgan fingerprint density at radius 1 is 1.50 bits per heavy atom. The van der Waals surface area contributed by atoms with Crippen molar-refractivity contribution >= 4 is 11.8 Å². The molecule has 1 aromatic heterocycles. The van der Waals surface area contributed by atoms with Crippen LogP contribution in [-0.2, 0) is 4.79 Å². The van der Waals surface area contributed by atoms with E-state index in [0.29, 0.717) is 24.4 Å². The van der Waals surface area contributed by atoms with E-state index in [0.717, 1.165) is 12.8 Å². The molecule has 98 valence electrons. The summed E-state index contributed by atoms with van der Waals surface area (Å²) in [5.41, 5.74) is -0.275. The second kappa shape index (κ2) is 6.20. The quantitative estimate of drug-likeness (QED) is 0.840. The summed E-state index contributed by atoms with van der Waals surface area (Å²) in [6.07, 6.45) is 2.68. The van der Waals surface area contributed by atoms with E-state index in [-0.39, 0.29) is 5.91 Å². The predicted molar refractivity (Wildman–Crippen MR) is 67.7 cm³/mol. The molecule has 0 fully saturated rings. The van der Waals surface area contributed by atoms with Gasteiger partial charge in [0.1, 0.15) is 5.41 Å². The fourth-order valence-corrected chi connectivity index (χ4v) is 2.02. The van der Waals surface area contributed by atoms with Crippen LogP contribution in [0.25, 0.3) is 0 Å². The van der Waals surface area contributed by atoms with E-state index in [4.69, 9.17) is 4.52 Å². The van der Waals surface area contributed by atoms with Gasteiger partial charge in [0.2, 0.25) is 11.8 Å². The van der Waals surface area contributed by atoms with Gasteiger partial charge in [-0.3, -0.25) is 10.1 Å². The monoisotopic (exact) mass is 249 g/mol. The summed E-state index contributed by atoms with van der Waals surface area (Å²) < 4.78 is 4.94. The second-order valence-corrected chi connectivity index (χ2v) is 4.48. The Labute approximate surface area is 107 Å². The van der Waals surface area contributed by atoms with Gasteiger partial charge in [-0.2, -0.15) is 5.26 Å². The molecule has 18 heavy (non-hydrogen) atoms. The van der Waals surface area contributed by atoms with Gasteiger partial charge in [0.05, 0.1) is 11.8 Å². The molecular weight excluding hydrogens is 230 g/mol. The van der Waals surface area contributed by atoms with Gasteiger partial charge >= 0.3 is 0 Å². The van der Waals surface area contributed by atoms with Crippen molar-refractivity contribution in [3.05, 3.63) is 11.8 Å². The number of anilines is 1. The first-order chi connectivity index (χ1) is 8.57. The number of rotatable bonds is 6. The molecule has 0 radical (unpaired) electrons. The van der Waals surface area contributed by atoms with Crippen molar-refractivity contribution in [2.45, 2.75) is 46.5 Å². The van der Waals surface area contributed by atoms with Gasteiger partial charge in [0, 0.05) is 6.07 Å². The molecule has 0 saturated heterocycles. The molecule has 0 aliphatic rings. The lowest BCUT2D eigenvalue weighted by Gasteiger charge is -2.23. The molecule has 0 unspecified atom stereocenters. The maximum atomic E-state index is 12.2. The van der Waals surface area contributed by atoms with E-state index in [1.165, 1.54) is 0 Å². The Morgan fingerprint density at radius 2 is 2.11 bits per heavy atom. The molecule has 0 aromatic carbocycles. The molecule has 0 atom stereocenters. The highest BCUT2D eigenvalue weighted by Crippen LogP contribution is 2.30. The summed E-state index contributed by atoms with van der Waals surface area (Å²) in [6.45, 7) is 5.70. The minimum Gasteiger partial charge on any atom is -0.338 e. The lowest BCUT2D eigenvalue weighted by Crippen LogP contribution is -2.34. The standard InChI is InChI=1S/C13H19N3O2/c1-4-6-13(9-14,7-5-2)12(17)15-11-8-10(3)16-18-11/h8H,4-7H2,1-3H3,(H,15,17). The Hall–Kier alpha value is -1.83. The van der Waals surface area contributed by atoms with Gasteiger partial charge in [-0.05, 0) is 19.8 Å². The van der Waals surface area contributed by atoms with Crippen molar-refractivity contribution in [3.63, 3.8) is 0 Å². The Bertz CT molecular complexity index is 439. The number of amides is 1. The fourth-order valence-electron chi connectivity index (χ4n) is 2.02. The van der Waals surface area contributed by atoms with Crippen LogP contribution in [0.5, 0.6) is 0 Å². The number of nitrogens with one attached hydrogen (secondary N) is 1. The minimum absolute atomic E-state index is 0.296. The lowest BCUT2D eigenvalue weighted by molar-refractivity contribution is -0.123. The van der Waals surface area contributed by atoms with Crippen LogP contribution in [0.15, 0.2) is 10.6 Å². The van der Waals surface area contributed by atoms with Crippen LogP contribution in [0, 0.1) is 23.7 Å². The van der Waals surface area contributed by atoms with Gasteiger partial charge in [0.25, 0.3) is 0 Å². The molecule has 0 bridgehead atoms. The molecule has 1 amide bonds. The van der Waals surface area contributed by atoms with Gasteiger partial charge in [-0.25, -0.2) is 0 Å². The maximum Gasteiger partial charge on any atom is 0.247 e. The zero-order valence-corrected chi connectivity index (χ0v) is 11.1. The summed E-state index contributed by atoms with van der Waals surface area (Å²) in [6, 6.07) is 3.81. The fraction of sp³-hybridized carbons (Fsp3) is 0.615. The number of carbonyl (C=O) groups excluding carboxylic acids is 1. The molecule has 1 N–H and O–H groups in total. The van der Waals surface area contributed by atoms with Crippen LogP contribution in [0.4, 0.5) is 5.88 Å². The van der Waals surface area contributed by atoms with Gasteiger partial charge < -0.3 is 4.52 Å². The third-order valence-electron chi connectivity index (χ3n) is 2.87. The van der Waals surface area contributed by atoms with E-state index >= 15 is 0 Å². The van der Waals surface area contributed by atoms with Crippen molar-refractivity contribution < 1.29 is 9.32 Å². The smallest absolute Gasteiger partial charge is 0.247 e. The Morgan fingerprint density at radius 3 is 2.50 bits per heavy atom. The topological polar surface area (TPSA) is 78.9 Å². The van der Waals surface area contributed by atoms with Crippen LogP contribution < -0.4 is 5.32 Å². The third-order valence-corrected chi connectivity index (χ3v) is 2.87. The summed E-state index contributed by atoms with van der Waals surface area (Å²) in [5, 5.41) is 15.7. The molecule has 5 heteroatoms. The van der Waals surface area contributed by atoms with E-state index in [1.54, 1.807) is 13.0 Å². The molecule has 0 aliphatic heterocycles. The van der Waals surface area contributed by atoms with Crippen LogP contribution in [-0.4, -0.2) is 11.1 Å². The average molecular weight is 249 g/mol. The van der Waals surface area contributed by atoms with Crippen LogP contribution >= 0.6 is 0 Å². The highest BCUT2D eigenvalue weighted by molar-refractivity contribution is 5.96. The zero-order valence-electron chi connectivity index (χ0n) is 11.1. The first-order valence-corrected chi connectivity index (χ1v) is 6.24. The Kier molecular flexibility index (Phi) is 4.90. The predicted octanol–water partition coefficient (Wildman–Crippen LogP) is 3.03. The minimum atomic E-state index is -0.968. The number of hydrogen-bond donors (Lipinski definition) is 1. The van der Waals surface area contributed by atoms with Gasteiger partial charge in [-0.15, -0.1) is 0 Å². The zero-order chi connectivity index (χ0) is 13.6. The number of carbonyl (C=O) groups is 1. The summed E-state index contributed by atoms with van der Waals surface area (Å²) in [5.74, 6) is -0.00539. The molecule has 1 heterocycles. The van der Waals surface area contributed by atoms with E-state index in [9.17, 15) is 10.1 Å². The van der Waals surface area contributed by atoms with Gasteiger partial charge in [-0.1, -0.05) is 31.8 Å². The van der Waals surface area contributed by atoms with E-state index < -0.39 is 5.41 Å². The van der Waals surface area contributed by atoms with Crippen molar-refractivity contribution in [1.82, 2.24) is 5.16 Å². The highest BCUT2D eigenvalue weighted by atomic mass is 16.5. The molecule has 5 nitrogen and oxygen atoms in total. The number of aryl methyl sites for hydroxylation is 1. The number of hydrogen-bond acceptors (Lipinski definition) is 4. The molecular formula is C13H19N3O2. The SMILES string of the molecule is CCCC(C#N)(CCC)C(=O)Nc1cc(C)no1. The number of nitriles is 1. The highest BCUT2D eigenvalue weighted by Gasteiger charge is 2.37. The van der Waals surface area contributed by atoms with Crippen LogP contribution in [0.2, 0.25) is 0 Å². The van der Waals surface area contributed by atoms with Crippen molar-refractivity contribution in [2.24, 2.45) is 5.41 Å². The second-order valence-electron chi connectivity index (χ2n) is 4.48.